The van der Waals surface area contributed by atoms with E-state index in [4.69, 9.17) is 21.1 Å². The molecular formula is C24H29ClFN5O5. The van der Waals surface area contributed by atoms with Crippen molar-refractivity contribution in [3.8, 4) is 11.3 Å². The molecule has 194 valence electrons. The third-order valence-electron chi connectivity index (χ3n) is 6.52. The summed E-state index contributed by atoms with van der Waals surface area (Å²) in [4.78, 5) is 13.1. The van der Waals surface area contributed by atoms with Crippen LogP contribution < -0.4 is 5.32 Å². The summed E-state index contributed by atoms with van der Waals surface area (Å²) in [5, 5.41) is 34.1. The van der Waals surface area contributed by atoms with Crippen molar-refractivity contribution in [3.63, 3.8) is 0 Å². The van der Waals surface area contributed by atoms with Crippen LogP contribution in [0.1, 0.15) is 46.0 Å². The monoisotopic (exact) mass is 521 g/mol. The summed E-state index contributed by atoms with van der Waals surface area (Å²) in [5.74, 6) is -0.0261. The molecular weight excluding hydrogens is 493 g/mol. The molecule has 4 N–H and O–H groups in total. The van der Waals surface area contributed by atoms with Crippen LogP contribution in [0, 0.1) is 5.82 Å². The molecule has 0 aliphatic carbocycles. The molecule has 0 spiro atoms. The summed E-state index contributed by atoms with van der Waals surface area (Å²) in [7, 11) is 0. The van der Waals surface area contributed by atoms with Gasteiger partial charge in [0.25, 0.3) is 0 Å². The van der Waals surface area contributed by atoms with Crippen LogP contribution in [0.5, 0.6) is 0 Å². The number of hydrogen-bond donors (Lipinski definition) is 4. The van der Waals surface area contributed by atoms with Crippen LogP contribution in [0.25, 0.3) is 22.3 Å². The Morgan fingerprint density at radius 1 is 1.28 bits per heavy atom. The Bertz CT molecular complexity index is 1290. The number of benzene rings is 1. The van der Waals surface area contributed by atoms with Crippen molar-refractivity contribution >= 4 is 28.6 Å². The van der Waals surface area contributed by atoms with Gasteiger partial charge in [-0.1, -0.05) is 11.6 Å². The van der Waals surface area contributed by atoms with Crippen LogP contribution in [0.15, 0.2) is 18.3 Å². The Morgan fingerprint density at radius 3 is 2.69 bits per heavy atom. The molecule has 3 aromatic rings. The van der Waals surface area contributed by atoms with Crippen LogP contribution in [0.2, 0.25) is 5.02 Å². The number of ether oxygens (including phenoxy) is 2. The van der Waals surface area contributed by atoms with Gasteiger partial charge in [-0.15, -0.1) is 0 Å². The van der Waals surface area contributed by atoms with Gasteiger partial charge in [0.1, 0.15) is 35.3 Å². The Morgan fingerprint density at radius 2 is 2.03 bits per heavy atom. The molecule has 2 aliphatic heterocycles. The fraction of sp³-hybridized carbons (Fsp3) is 0.542. The maximum absolute atomic E-state index is 15.3. The highest BCUT2D eigenvalue weighted by molar-refractivity contribution is 6.33. The van der Waals surface area contributed by atoms with Crippen LogP contribution in [0.3, 0.4) is 0 Å². The molecule has 10 nitrogen and oxygen atoms in total. The highest BCUT2D eigenvalue weighted by atomic mass is 35.5. The lowest BCUT2D eigenvalue weighted by molar-refractivity contribution is -0.124. The van der Waals surface area contributed by atoms with Crippen LogP contribution in [-0.4, -0.2) is 72.1 Å². The van der Waals surface area contributed by atoms with Gasteiger partial charge < -0.3 is 34.7 Å². The van der Waals surface area contributed by atoms with Gasteiger partial charge in [0.2, 0.25) is 5.95 Å². The number of anilines is 1. The number of fused-ring (bicyclic) bond motifs is 3. The van der Waals surface area contributed by atoms with E-state index in [2.05, 4.69) is 20.3 Å². The van der Waals surface area contributed by atoms with Gasteiger partial charge in [-0.25, -0.2) is 19.3 Å². The lowest BCUT2D eigenvalue weighted by Gasteiger charge is -2.33. The lowest BCUT2D eigenvalue weighted by atomic mass is 9.97. The molecule has 0 radical (unpaired) electrons. The molecule has 2 saturated heterocycles. The molecule has 2 aromatic heterocycles. The number of imidazole rings is 1. The number of halogens is 2. The van der Waals surface area contributed by atoms with Gasteiger partial charge in [0.05, 0.1) is 35.1 Å². The molecule has 0 unspecified atom stereocenters. The second kappa shape index (κ2) is 9.16. The largest absolute Gasteiger partial charge is 0.394 e. The summed E-state index contributed by atoms with van der Waals surface area (Å²) >= 11 is 6.43. The van der Waals surface area contributed by atoms with Gasteiger partial charge in [-0.2, -0.15) is 0 Å². The van der Waals surface area contributed by atoms with E-state index in [-0.39, 0.29) is 29.1 Å². The minimum atomic E-state index is -1.28. The van der Waals surface area contributed by atoms with E-state index in [9.17, 15) is 15.3 Å². The third kappa shape index (κ3) is 4.33. The lowest BCUT2D eigenvalue weighted by Crippen LogP contribution is -2.50. The Labute approximate surface area is 212 Å². The third-order valence-corrected chi connectivity index (χ3v) is 6.80. The Kier molecular flexibility index (Phi) is 6.42. The summed E-state index contributed by atoms with van der Waals surface area (Å²) in [6, 6.07) is 2.45. The number of aromatic nitrogens is 4. The van der Waals surface area contributed by atoms with E-state index in [1.807, 2.05) is 13.8 Å². The molecule has 5 rings (SSSR count). The van der Waals surface area contributed by atoms with E-state index >= 15 is 4.39 Å². The summed E-state index contributed by atoms with van der Waals surface area (Å²) in [6.07, 6.45) is -1.06. The summed E-state index contributed by atoms with van der Waals surface area (Å²) in [5.41, 5.74) is 0.0841. The first kappa shape index (κ1) is 25.2. The predicted molar refractivity (Wildman–Crippen MR) is 130 cm³/mol. The van der Waals surface area contributed by atoms with Crippen molar-refractivity contribution in [2.45, 2.75) is 76.4 Å². The van der Waals surface area contributed by atoms with Gasteiger partial charge in [0.15, 0.2) is 12.1 Å². The SMILES string of the molecule is CC(C)n1c(C(C)(C)O)nc2c(F)cc(-c3nc(N[C@@H]4C[C@@H]5O[C@H]([C@H]4O)[C@H](CO)O5)ncc3Cl)cc21. The van der Waals surface area contributed by atoms with E-state index < -0.39 is 42.1 Å². The number of nitrogens with one attached hydrogen (secondary N) is 1. The molecule has 36 heavy (non-hydrogen) atoms. The molecule has 5 atom stereocenters. The maximum Gasteiger partial charge on any atom is 0.223 e. The van der Waals surface area contributed by atoms with Crippen molar-refractivity contribution in [3.05, 3.63) is 35.0 Å². The smallest absolute Gasteiger partial charge is 0.223 e. The maximum atomic E-state index is 15.3. The standard InChI is InChI=1S/C24H29ClFN5O5/c1-10(2)31-15-6-11(5-13(26)19(15)29-22(31)24(3,4)34)18-12(25)8-27-23(30-18)28-14-7-17-35-16(9-32)21(36-17)20(14)33/h5-6,8,10,14,16-17,20-21,32-34H,7,9H2,1-4H3,(H,27,28,30)/t14-,16+,17+,20+,21+/m1/s1. The quantitative estimate of drug-likeness (QED) is 0.386. The number of hydrogen-bond acceptors (Lipinski definition) is 9. The number of aliphatic hydroxyl groups excluding tert-OH is 2. The molecule has 2 aliphatic rings. The number of aliphatic hydroxyl groups is 3. The Balaban J connectivity index is 1.52. The minimum absolute atomic E-state index is 0.0977. The summed E-state index contributed by atoms with van der Waals surface area (Å²) < 4.78 is 28.2. The highest BCUT2D eigenvalue weighted by Crippen LogP contribution is 2.36. The van der Waals surface area contributed by atoms with Crippen molar-refractivity contribution in [2.24, 2.45) is 0 Å². The van der Waals surface area contributed by atoms with Gasteiger partial charge in [0, 0.05) is 18.0 Å². The molecule has 0 saturated carbocycles. The van der Waals surface area contributed by atoms with E-state index in [1.54, 1.807) is 24.5 Å². The first-order chi connectivity index (χ1) is 17.0. The molecule has 4 heterocycles. The predicted octanol–water partition coefficient (Wildman–Crippen LogP) is 2.74. The van der Waals surface area contributed by atoms with Crippen molar-refractivity contribution < 1.29 is 29.2 Å². The number of rotatable bonds is 6. The molecule has 2 fully saturated rings. The topological polar surface area (TPSA) is 135 Å². The van der Waals surface area contributed by atoms with E-state index in [0.29, 0.717) is 29.0 Å². The highest BCUT2D eigenvalue weighted by Gasteiger charge is 2.49. The first-order valence-corrected chi connectivity index (χ1v) is 12.2. The zero-order chi connectivity index (χ0) is 25.9. The van der Waals surface area contributed by atoms with E-state index in [0.717, 1.165) is 0 Å². The molecule has 1 aromatic carbocycles. The fourth-order valence-corrected chi connectivity index (χ4v) is 5.09. The van der Waals surface area contributed by atoms with Gasteiger partial charge >= 0.3 is 0 Å². The zero-order valence-corrected chi connectivity index (χ0v) is 21.1. The van der Waals surface area contributed by atoms with Crippen LogP contribution in [0.4, 0.5) is 10.3 Å². The Hall–Kier alpha value is -2.41. The van der Waals surface area contributed by atoms with Crippen molar-refractivity contribution in [1.82, 2.24) is 19.5 Å². The van der Waals surface area contributed by atoms with Crippen molar-refractivity contribution in [1.29, 1.82) is 0 Å². The molecule has 0 amide bonds. The van der Waals surface area contributed by atoms with E-state index in [1.165, 1.54) is 12.3 Å². The first-order valence-electron chi connectivity index (χ1n) is 11.8. The minimum Gasteiger partial charge on any atom is -0.394 e. The summed E-state index contributed by atoms with van der Waals surface area (Å²) in [6.45, 7) is 6.81. The normalized spacial score (nSPS) is 26.2. The average molecular weight is 522 g/mol. The van der Waals surface area contributed by atoms with Crippen molar-refractivity contribution in [2.75, 3.05) is 11.9 Å². The van der Waals surface area contributed by atoms with Crippen LogP contribution >= 0.6 is 11.6 Å². The average Bonchev–Trinajstić information content (AvgIpc) is 3.38. The van der Waals surface area contributed by atoms with Gasteiger partial charge in [-0.3, -0.25) is 0 Å². The van der Waals surface area contributed by atoms with Gasteiger partial charge in [-0.05, 0) is 39.8 Å². The number of nitrogens with zero attached hydrogens (tertiary/aromatic N) is 4. The fourth-order valence-electron chi connectivity index (χ4n) is 4.89. The second-order valence-electron chi connectivity index (χ2n) is 10.0. The second-order valence-corrected chi connectivity index (χ2v) is 10.4. The molecule has 12 heteroatoms. The molecule has 2 bridgehead atoms. The zero-order valence-electron chi connectivity index (χ0n) is 20.3. The van der Waals surface area contributed by atoms with Crippen LogP contribution in [-0.2, 0) is 15.1 Å².